The van der Waals surface area contributed by atoms with E-state index in [4.69, 9.17) is 4.74 Å². The molecular formula is C20H25N5O3. The van der Waals surface area contributed by atoms with Crippen LogP contribution in [0.15, 0.2) is 36.4 Å². The Kier molecular flexibility index (Phi) is 6.41. The monoisotopic (exact) mass is 383 g/mol. The molecule has 2 aromatic rings. The predicted molar refractivity (Wildman–Crippen MR) is 106 cm³/mol. The van der Waals surface area contributed by atoms with Gasteiger partial charge in [-0.2, -0.15) is 0 Å². The van der Waals surface area contributed by atoms with E-state index < -0.39 is 0 Å². The molecule has 0 bridgehead atoms. The molecule has 8 nitrogen and oxygen atoms in total. The fourth-order valence-electron chi connectivity index (χ4n) is 3.08. The summed E-state index contributed by atoms with van der Waals surface area (Å²) in [6.07, 6.45) is 1.34. The van der Waals surface area contributed by atoms with E-state index in [0.29, 0.717) is 25.5 Å². The summed E-state index contributed by atoms with van der Waals surface area (Å²) in [5, 5.41) is 14.3. The van der Waals surface area contributed by atoms with Crippen molar-refractivity contribution in [3.63, 3.8) is 0 Å². The molecule has 1 fully saturated rings. The van der Waals surface area contributed by atoms with Crippen molar-refractivity contribution in [1.82, 2.24) is 15.1 Å². The summed E-state index contributed by atoms with van der Waals surface area (Å²) in [4.78, 5) is 25.7. The molecule has 1 aliphatic rings. The van der Waals surface area contributed by atoms with E-state index >= 15 is 0 Å². The van der Waals surface area contributed by atoms with Crippen molar-refractivity contribution < 1.29 is 14.3 Å². The third-order valence-corrected chi connectivity index (χ3v) is 4.55. The molecule has 1 aromatic carbocycles. The van der Waals surface area contributed by atoms with Crippen molar-refractivity contribution in [3.8, 4) is 0 Å². The van der Waals surface area contributed by atoms with Crippen LogP contribution in [-0.4, -0.2) is 52.8 Å². The smallest absolute Gasteiger partial charge is 0.409 e. The molecule has 3 rings (SSSR count). The van der Waals surface area contributed by atoms with Gasteiger partial charge in [-0.3, -0.25) is 4.79 Å². The minimum Gasteiger partial charge on any atom is -0.450 e. The molecule has 1 aliphatic heterocycles. The zero-order valence-corrected chi connectivity index (χ0v) is 16.1. The van der Waals surface area contributed by atoms with Gasteiger partial charge in [-0.15, -0.1) is 10.2 Å². The second-order valence-corrected chi connectivity index (χ2v) is 6.73. The number of anilines is 2. The average Bonchev–Trinajstić information content (AvgIpc) is 2.69. The third kappa shape index (κ3) is 5.18. The van der Waals surface area contributed by atoms with Gasteiger partial charge in [0.1, 0.15) is 5.82 Å². The molecule has 2 amide bonds. The Morgan fingerprint density at radius 2 is 1.96 bits per heavy atom. The molecule has 2 N–H and O–H groups in total. The van der Waals surface area contributed by atoms with Crippen LogP contribution in [0.3, 0.4) is 0 Å². The van der Waals surface area contributed by atoms with Gasteiger partial charge in [-0.05, 0) is 56.5 Å². The van der Waals surface area contributed by atoms with Crippen LogP contribution < -0.4 is 10.6 Å². The first-order valence-electron chi connectivity index (χ1n) is 9.45. The van der Waals surface area contributed by atoms with Gasteiger partial charge in [0.2, 0.25) is 0 Å². The van der Waals surface area contributed by atoms with Gasteiger partial charge in [0, 0.05) is 24.8 Å². The molecule has 0 spiro atoms. The Bertz CT molecular complexity index is 817. The number of hydrogen-bond acceptors (Lipinski definition) is 6. The normalized spacial score (nSPS) is 14.4. The van der Waals surface area contributed by atoms with Gasteiger partial charge in [0.15, 0.2) is 5.69 Å². The first kappa shape index (κ1) is 19.6. The first-order chi connectivity index (χ1) is 13.5. The number of carbonyl (C=O) groups excluding carboxylic acids is 2. The summed E-state index contributed by atoms with van der Waals surface area (Å²) in [6.45, 7) is 5.43. The van der Waals surface area contributed by atoms with E-state index in [-0.39, 0.29) is 23.7 Å². The maximum Gasteiger partial charge on any atom is 0.409 e. The number of rotatable bonds is 5. The second-order valence-electron chi connectivity index (χ2n) is 6.73. The number of nitrogens with one attached hydrogen (secondary N) is 2. The lowest BCUT2D eigenvalue weighted by Gasteiger charge is -2.31. The third-order valence-electron chi connectivity index (χ3n) is 4.55. The Hall–Kier alpha value is -3.16. The number of nitrogens with zero attached hydrogens (tertiary/aromatic N) is 3. The Morgan fingerprint density at radius 1 is 1.18 bits per heavy atom. The lowest BCUT2D eigenvalue weighted by atomic mass is 10.1. The topological polar surface area (TPSA) is 96.5 Å². The molecule has 0 saturated carbocycles. The molecule has 1 aromatic heterocycles. The predicted octanol–water partition coefficient (Wildman–Crippen LogP) is 3.07. The molecule has 0 aliphatic carbocycles. The van der Waals surface area contributed by atoms with Crippen LogP contribution in [0.2, 0.25) is 0 Å². The minimum absolute atomic E-state index is 0.201. The number of hydrogen-bond donors (Lipinski definition) is 2. The quantitative estimate of drug-likeness (QED) is 0.824. The van der Waals surface area contributed by atoms with Crippen molar-refractivity contribution in [1.29, 1.82) is 0 Å². The Morgan fingerprint density at radius 3 is 2.61 bits per heavy atom. The molecule has 1 saturated heterocycles. The molecule has 0 unspecified atom stereocenters. The highest BCUT2D eigenvalue weighted by Crippen LogP contribution is 2.16. The molecule has 0 radical (unpaired) electrons. The van der Waals surface area contributed by atoms with Crippen LogP contribution in [0.5, 0.6) is 0 Å². The summed E-state index contributed by atoms with van der Waals surface area (Å²) in [6, 6.07) is 11.2. The van der Waals surface area contributed by atoms with E-state index in [2.05, 4.69) is 20.8 Å². The molecule has 2 heterocycles. The number of benzene rings is 1. The number of aromatic nitrogens is 2. The second kappa shape index (κ2) is 9.16. The van der Waals surface area contributed by atoms with Crippen LogP contribution in [0.1, 0.15) is 35.8 Å². The zero-order valence-electron chi connectivity index (χ0n) is 16.1. The number of aryl methyl sites for hydroxylation is 1. The molecular weight excluding hydrogens is 358 g/mol. The van der Waals surface area contributed by atoms with Crippen LogP contribution in [0.4, 0.5) is 16.3 Å². The molecule has 28 heavy (non-hydrogen) atoms. The van der Waals surface area contributed by atoms with Gasteiger partial charge < -0.3 is 20.3 Å². The maximum atomic E-state index is 12.3. The number of carbonyl (C=O) groups is 2. The summed E-state index contributed by atoms with van der Waals surface area (Å²) >= 11 is 0. The van der Waals surface area contributed by atoms with Gasteiger partial charge in [-0.25, -0.2) is 4.79 Å². The number of amides is 2. The average molecular weight is 383 g/mol. The van der Waals surface area contributed by atoms with E-state index in [1.165, 1.54) is 0 Å². The van der Waals surface area contributed by atoms with Crippen molar-refractivity contribution in [2.45, 2.75) is 32.7 Å². The Balaban J connectivity index is 1.51. The lowest BCUT2D eigenvalue weighted by Crippen LogP contribution is -2.42. The highest BCUT2D eigenvalue weighted by Gasteiger charge is 2.23. The van der Waals surface area contributed by atoms with E-state index in [1.54, 1.807) is 24.0 Å². The Labute approximate surface area is 164 Å². The number of piperidine rings is 1. The van der Waals surface area contributed by atoms with E-state index in [9.17, 15) is 9.59 Å². The van der Waals surface area contributed by atoms with Gasteiger partial charge >= 0.3 is 6.09 Å². The van der Waals surface area contributed by atoms with Gasteiger partial charge in [-0.1, -0.05) is 12.1 Å². The van der Waals surface area contributed by atoms with Crippen molar-refractivity contribution in [2.24, 2.45) is 0 Å². The molecule has 8 heteroatoms. The molecule has 0 atom stereocenters. The maximum absolute atomic E-state index is 12.3. The SMILES string of the molecule is CCOC(=O)N1CCC(Nc2ccc(C(=O)Nc3cccc(C)c3)nn2)CC1. The summed E-state index contributed by atoms with van der Waals surface area (Å²) in [5.74, 6) is 0.314. The lowest BCUT2D eigenvalue weighted by molar-refractivity contribution is 0.0982. The van der Waals surface area contributed by atoms with Crippen LogP contribution in [0, 0.1) is 6.92 Å². The van der Waals surface area contributed by atoms with Gasteiger partial charge in [0.05, 0.1) is 6.61 Å². The van der Waals surface area contributed by atoms with E-state index in [0.717, 1.165) is 24.1 Å². The van der Waals surface area contributed by atoms with E-state index in [1.807, 2.05) is 31.2 Å². The number of ether oxygens (including phenoxy) is 1. The van der Waals surface area contributed by atoms with Gasteiger partial charge in [0.25, 0.3) is 5.91 Å². The van der Waals surface area contributed by atoms with Crippen molar-refractivity contribution >= 4 is 23.5 Å². The fourth-order valence-corrected chi connectivity index (χ4v) is 3.08. The fraction of sp³-hybridized carbons (Fsp3) is 0.400. The highest BCUT2D eigenvalue weighted by atomic mass is 16.6. The summed E-state index contributed by atoms with van der Waals surface area (Å²) in [5.41, 5.74) is 2.05. The van der Waals surface area contributed by atoms with Crippen molar-refractivity contribution in [2.75, 3.05) is 30.3 Å². The largest absolute Gasteiger partial charge is 0.450 e. The molecule has 148 valence electrons. The number of likely N-dealkylation sites (tertiary alicyclic amines) is 1. The highest BCUT2D eigenvalue weighted by molar-refractivity contribution is 6.02. The standard InChI is InChI=1S/C20H25N5O3/c1-3-28-20(27)25-11-9-15(10-12-25)21-18-8-7-17(23-24-18)19(26)22-16-6-4-5-14(2)13-16/h4-8,13,15H,3,9-12H2,1-2H3,(H,21,24)(H,22,26). The zero-order chi connectivity index (χ0) is 19.9. The summed E-state index contributed by atoms with van der Waals surface area (Å²) in [7, 11) is 0. The van der Waals surface area contributed by atoms with Crippen LogP contribution in [-0.2, 0) is 4.74 Å². The first-order valence-corrected chi connectivity index (χ1v) is 9.45. The van der Waals surface area contributed by atoms with Crippen LogP contribution in [0.25, 0.3) is 0 Å². The minimum atomic E-state index is -0.299. The summed E-state index contributed by atoms with van der Waals surface area (Å²) < 4.78 is 5.03. The van der Waals surface area contributed by atoms with Crippen LogP contribution >= 0.6 is 0 Å². The van der Waals surface area contributed by atoms with Crippen molar-refractivity contribution in [3.05, 3.63) is 47.7 Å².